The molecule has 0 aliphatic rings. The van der Waals surface area contributed by atoms with E-state index in [4.69, 9.17) is 34.7 Å². The molecule has 15 aromatic rings. The predicted molar refractivity (Wildman–Crippen MR) is 360 cm³/mol. The molecule has 10 nitrogen and oxygen atoms in total. The van der Waals surface area contributed by atoms with Crippen LogP contribution < -0.4 is 0 Å². The average Bonchev–Trinajstić information content (AvgIpc) is 1.61. The molecule has 0 bridgehead atoms. The second-order valence-electron chi connectivity index (χ2n) is 21.9. The van der Waals surface area contributed by atoms with Crippen LogP contribution in [0.5, 0.6) is 0 Å². The SMILES string of the molecule is [C-]#[N+]c1cccc(-c2ccc3c(c2)c2cc(-c4cccc([N+]#[C-])c4)ccc2n3-c2cc(-c3cccc(-n4c5ccc(-c6cccc(C#N)c6)cc5c5cc(-c6cccc([N+]#[C-])c6)ccc54)c3C#N)ccc2-c2nc(-c3ccccc3)nc(-c3ccccc3)n2)c1. The molecule has 3 heterocycles. The number of rotatable bonds is 10. The lowest BCUT2D eigenvalue weighted by molar-refractivity contribution is 1.06. The summed E-state index contributed by atoms with van der Waals surface area (Å²) in [6, 6.07) is 93.0. The highest BCUT2D eigenvalue weighted by Gasteiger charge is 2.25. The van der Waals surface area contributed by atoms with Gasteiger partial charge in [-0.3, -0.25) is 0 Å². The predicted octanol–water partition coefficient (Wildman–Crippen LogP) is 20.8. The fourth-order valence-electron chi connectivity index (χ4n) is 12.4. The van der Waals surface area contributed by atoms with Crippen LogP contribution in [0.25, 0.3) is 159 Å². The maximum Gasteiger partial charge on any atom is 0.187 e. The first-order valence-corrected chi connectivity index (χ1v) is 29.0. The highest BCUT2D eigenvalue weighted by Crippen LogP contribution is 2.44. The molecule has 0 amide bonds. The number of hydrogen-bond acceptors (Lipinski definition) is 5. The fraction of sp³-hybridized carbons (Fsp3) is 0. The molecular weight excluding hydrogens is 1100 g/mol. The number of aromatic nitrogens is 5. The van der Waals surface area contributed by atoms with Crippen LogP contribution >= 0.6 is 0 Å². The van der Waals surface area contributed by atoms with Gasteiger partial charge in [0.2, 0.25) is 0 Å². The van der Waals surface area contributed by atoms with E-state index in [1.807, 2.05) is 170 Å². The van der Waals surface area contributed by atoms with Gasteiger partial charge >= 0.3 is 0 Å². The van der Waals surface area contributed by atoms with Crippen LogP contribution in [-0.4, -0.2) is 24.1 Å². The van der Waals surface area contributed by atoms with Crippen molar-refractivity contribution in [3.63, 3.8) is 0 Å². The molecule has 0 saturated carbocycles. The second kappa shape index (κ2) is 22.3. The zero-order valence-corrected chi connectivity index (χ0v) is 47.9. The van der Waals surface area contributed by atoms with Gasteiger partial charge in [0.1, 0.15) is 6.07 Å². The molecule has 90 heavy (non-hydrogen) atoms. The Morgan fingerprint density at radius 3 is 1.10 bits per heavy atom. The number of nitriles is 2. The summed E-state index contributed by atoms with van der Waals surface area (Å²) in [6.07, 6.45) is 0. The summed E-state index contributed by atoms with van der Waals surface area (Å²) in [7, 11) is 0. The van der Waals surface area contributed by atoms with Crippen LogP contribution in [0.3, 0.4) is 0 Å². The van der Waals surface area contributed by atoms with Gasteiger partial charge in [-0.25, -0.2) is 29.5 Å². The van der Waals surface area contributed by atoms with Crippen molar-refractivity contribution in [2.75, 3.05) is 0 Å². The van der Waals surface area contributed by atoms with E-state index in [9.17, 15) is 10.5 Å². The minimum atomic E-state index is 0.442. The lowest BCUT2D eigenvalue weighted by Gasteiger charge is -2.18. The van der Waals surface area contributed by atoms with E-state index in [1.54, 1.807) is 12.1 Å². The lowest BCUT2D eigenvalue weighted by Crippen LogP contribution is -2.04. The van der Waals surface area contributed by atoms with Crippen molar-refractivity contribution in [3.8, 4) is 113 Å². The number of fused-ring (bicyclic) bond motifs is 6. The van der Waals surface area contributed by atoms with Crippen LogP contribution in [0, 0.1) is 42.4 Å². The van der Waals surface area contributed by atoms with Crippen molar-refractivity contribution in [2.45, 2.75) is 0 Å². The first-order chi connectivity index (χ1) is 44.3. The topological polar surface area (TPSA) is 109 Å². The summed E-state index contributed by atoms with van der Waals surface area (Å²) >= 11 is 0. The molecule has 0 saturated heterocycles. The van der Waals surface area contributed by atoms with E-state index in [2.05, 4.69) is 121 Å². The molecule has 0 spiro atoms. The Labute approximate surface area is 518 Å². The van der Waals surface area contributed by atoms with Crippen LogP contribution in [0.15, 0.2) is 267 Å². The van der Waals surface area contributed by atoms with Crippen LogP contribution in [0.4, 0.5) is 17.1 Å². The summed E-state index contributed by atoms with van der Waals surface area (Å²) < 4.78 is 4.43. The Bertz CT molecular complexity index is 5400. The normalized spacial score (nSPS) is 11.1. The zero-order valence-electron chi connectivity index (χ0n) is 47.9. The van der Waals surface area contributed by atoms with Crippen LogP contribution in [0.2, 0.25) is 0 Å². The van der Waals surface area contributed by atoms with Crippen molar-refractivity contribution in [1.29, 1.82) is 10.5 Å². The van der Waals surface area contributed by atoms with Gasteiger partial charge in [0.25, 0.3) is 0 Å². The summed E-state index contributed by atoms with van der Waals surface area (Å²) in [4.78, 5) is 27.0. The van der Waals surface area contributed by atoms with Crippen molar-refractivity contribution in [1.82, 2.24) is 24.1 Å². The standard InChI is InChI=1S/C80H44N10/c1-83-62-24-11-21-54(40-62)58-31-36-74-68(44-58)67-43-57(53-20-10-15-50(39-53)48-81)30-35-73(67)89(74)72-28-14-27-65(71(72)49-82)61-29-34-66(80-87-78(51-16-6-4-7-17-51)86-79(88-80)52-18-8-5-9-19-52)77(47-61)90-75-37-32-59(55-22-12-25-63(41-55)84-2)45-69(75)70-46-60(33-38-76(70)90)56-23-13-26-64(42-56)85-3/h4-47H. The fourth-order valence-corrected chi connectivity index (χ4v) is 12.4. The Hall–Kier alpha value is -13.3. The molecule has 0 radical (unpaired) electrons. The highest BCUT2D eigenvalue weighted by atomic mass is 15.1. The van der Waals surface area contributed by atoms with Gasteiger partial charge in [0, 0.05) is 43.8 Å². The summed E-state index contributed by atoms with van der Waals surface area (Å²) in [5, 5.41) is 25.5. The van der Waals surface area contributed by atoms with Crippen LogP contribution in [0.1, 0.15) is 11.1 Å². The molecule has 414 valence electrons. The smallest absolute Gasteiger partial charge is 0.187 e. The molecule has 0 unspecified atom stereocenters. The van der Waals surface area contributed by atoms with E-state index in [1.165, 1.54) is 0 Å². The monoisotopic (exact) mass is 1140 g/mol. The third-order valence-electron chi connectivity index (χ3n) is 16.7. The van der Waals surface area contributed by atoms with Crippen molar-refractivity contribution in [2.24, 2.45) is 0 Å². The van der Waals surface area contributed by atoms with Gasteiger partial charge in [-0.2, -0.15) is 10.5 Å². The second-order valence-corrected chi connectivity index (χ2v) is 21.9. The lowest BCUT2D eigenvalue weighted by atomic mass is 9.96. The number of hydrogen-bond donors (Lipinski definition) is 0. The van der Waals surface area contributed by atoms with Crippen molar-refractivity contribution >= 4 is 60.7 Å². The Kier molecular flexibility index (Phi) is 13.2. The van der Waals surface area contributed by atoms with Crippen molar-refractivity contribution < 1.29 is 0 Å². The van der Waals surface area contributed by atoms with E-state index in [0.29, 0.717) is 62.5 Å². The third-order valence-corrected chi connectivity index (χ3v) is 16.7. The van der Waals surface area contributed by atoms with Gasteiger partial charge in [-0.05, 0) is 147 Å². The van der Waals surface area contributed by atoms with Gasteiger partial charge in [-0.1, -0.05) is 170 Å². The van der Waals surface area contributed by atoms with E-state index >= 15 is 0 Å². The maximum absolute atomic E-state index is 11.8. The van der Waals surface area contributed by atoms with E-state index in [0.717, 1.165) is 110 Å². The van der Waals surface area contributed by atoms with E-state index in [-0.39, 0.29) is 0 Å². The van der Waals surface area contributed by atoms with Crippen LogP contribution in [-0.2, 0) is 0 Å². The number of nitrogens with zero attached hydrogens (tertiary/aromatic N) is 10. The molecule has 0 aliphatic heterocycles. The quantitative estimate of drug-likeness (QED) is 0.127. The Balaban J connectivity index is 0.992. The first kappa shape index (κ1) is 53.4. The zero-order chi connectivity index (χ0) is 60.8. The molecular formula is C80H44N10. The molecule has 10 heteroatoms. The minimum absolute atomic E-state index is 0.442. The third kappa shape index (κ3) is 9.41. The minimum Gasteiger partial charge on any atom is -0.308 e. The summed E-state index contributed by atoms with van der Waals surface area (Å²) in [6.45, 7) is 23.5. The average molecular weight is 1150 g/mol. The highest BCUT2D eigenvalue weighted by molar-refractivity contribution is 6.14. The van der Waals surface area contributed by atoms with Gasteiger partial charge in [-0.15, -0.1) is 0 Å². The molecule has 0 atom stereocenters. The van der Waals surface area contributed by atoms with Gasteiger partial charge < -0.3 is 9.13 Å². The summed E-state index contributed by atoms with van der Waals surface area (Å²) in [5.41, 5.74) is 18.8. The number of benzene rings is 12. The maximum atomic E-state index is 11.8. The molecule has 15 rings (SSSR count). The molecule has 0 fully saturated rings. The molecule has 0 aliphatic carbocycles. The van der Waals surface area contributed by atoms with Gasteiger partial charge in [0.05, 0.1) is 70.4 Å². The Morgan fingerprint density at radius 1 is 0.289 bits per heavy atom. The Morgan fingerprint density at radius 2 is 0.667 bits per heavy atom. The van der Waals surface area contributed by atoms with E-state index < -0.39 is 0 Å². The largest absolute Gasteiger partial charge is 0.308 e. The molecule has 0 N–H and O–H groups in total. The van der Waals surface area contributed by atoms with Gasteiger partial charge in [0.15, 0.2) is 34.5 Å². The summed E-state index contributed by atoms with van der Waals surface area (Å²) in [5.74, 6) is 1.45. The first-order valence-electron chi connectivity index (χ1n) is 29.0. The van der Waals surface area contributed by atoms with Crippen molar-refractivity contribution in [3.05, 3.63) is 312 Å². The molecule has 12 aromatic carbocycles. The molecule has 3 aromatic heterocycles.